The molecule has 2 rings (SSSR count). The first-order chi connectivity index (χ1) is 7.70. The lowest BCUT2D eigenvalue weighted by molar-refractivity contribution is 0.173. The third-order valence-electron chi connectivity index (χ3n) is 2.33. The predicted octanol–water partition coefficient (Wildman–Crippen LogP) is 1.70. The zero-order valence-corrected chi connectivity index (χ0v) is 9.66. The number of benzene rings is 1. The molecule has 88 valence electrons. The lowest BCUT2D eigenvalue weighted by atomic mass is 10.1. The monoisotopic (exact) mass is 223 g/mol. The van der Waals surface area contributed by atoms with Crippen LogP contribution < -0.4 is 19.9 Å². The van der Waals surface area contributed by atoms with Crippen LogP contribution in [0.5, 0.6) is 17.2 Å². The van der Waals surface area contributed by atoms with Gasteiger partial charge in [-0.2, -0.15) is 0 Å². The van der Waals surface area contributed by atoms with Gasteiger partial charge in [-0.25, -0.2) is 0 Å². The van der Waals surface area contributed by atoms with Crippen molar-refractivity contribution in [2.45, 2.75) is 26.4 Å². The van der Waals surface area contributed by atoms with Gasteiger partial charge in [-0.05, 0) is 38.4 Å². The van der Waals surface area contributed by atoms with Crippen LogP contribution in [0.4, 0.5) is 0 Å². The van der Waals surface area contributed by atoms with Gasteiger partial charge in [-0.3, -0.25) is 0 Å². The molecule has 0 fully saturated rings. The number of rotatable bonds is 4. The van der Waals surface area contributed by atoms with Crippen molar-refractivity contribution in [2.24, 2.45) is 5.73 Å². The van der Waals surface area contributed by atoms with Gasteiger partial charge in [0.2, 0.25) is 6.79 Å². The minimum Gasteiger partial charge on any atom is -0.491 e. The molecule has 0 saturated heterocycles. The maximum atomic E-state index is 5.73. The van der Waals surface area contributed by atoms with Crippen molar-refractivity contribution in [3.63, 3.8) is 0 Å². The van der Waals surface area contributed by atoms with E-state index in [4.69, 9.17) is 19.9 Å². The van der Waals surface area contributed by atoms with Gasteiger partial charge in [0.25, 0.3) is 0 Å². The van der Waals surface area contributed by atoms with Crippen molar-refractivity contribution in [1.29, 1.82) is 0 Å². The number of ether oxygens (including phenoxy) is 3. The molecule has 1 aromatic rings. The van der Waals surface area contributed by atoms with E-state index in [2.05, 4.69) is 0 Å². The van der Waals surface area contributed by atoms with E-state index in [-0.39, 0.29) is 12.9 Å². The Morgan fingerprint density at radius 1 is 1.31 bits per heavy atom. The molecule has 0 aromatic heterocycles. The average molecular weight is 223 g/mol. The highest BCUT2D eigenvalue weighted by Gasteiger charge is 2.18. The van der Waals surface area contributed by atoms with E-state index >= 15 is 0 Å². The smallest absolute Gasteiger partial charge is 0.231 e. The summed E-state index contributed by atoms with van der Waals surface area (Å²) in [5, 5.41) is 0. The predicted molar refractivity (Wildman–Crippen MR) is 61.1 cm³/mol. The Kier molecular flexibility index (Phi) is 3.19. The summed E-state index contributed by atoms with van der Waals surface area (Å²) in [7, 11) is 0. The highest BCUT2D eigenvalue weighted by atomic mass is 16.7. The Bertz CT molecular complexity index is 377. The molecule has 0 spiro atoms. The summed E-state index contributed by atoms with van der Waals surface area (Å²) in [6, 6.07) is 3.83. The third-order valence-corrected chi connectivity index (χ3v) is 2.33. The molecule has 4 heteroatoms. The Morgan fingerprint density at radius 2 is 2.00 bits per heavy atom. The molecule has 1 heterocycles. The first-order valence-corrected chi connectivity index (χ1v) is 5.50. The van der Waals surface area contributed by atoms with Crippen LogP contribution in [0, 0.1) is 0 Å². The van der Waals surface area contributed by atoms with E-state index in [1.807, 2.05) is 26.0 Å². The second kappa shape index (κ2) is 4.61. The van der Waals surface area contributed by atoms with E-state index in [1.54, 1.807) is 0 Å². The van der Waals surface area contributed by atoms with E-state index in [1.165, 1.54) is 0 Å². The van der Waals surface area contributed by atoms with E-state index < -0.39 is 0 Å². The molecule has 16 heavy (non-hydrogen) atoms. The van der Waals surface area contributed by atoms with Gasteiger partial charge >= 0.3 is 0 Å². The topological polar surface area (TPSA) is 53.7 Å². The quantitative estimate of drug-likeness (QED) is 0.844. The van der Waals surface area contributed by atoms with E-state index in [0.717, 1.165) is 29.2 Å². The van der Waals surface area contributed by atoms with Crippen molar-refractivity contribution in [1.82, 2.24) is 0 Å². The average Bonchev–Trinajstić information content (AvgIpc) is 2.64. The third kappa shape index (κ3) is 2.22. The largest absolute Gasteiger partial charge is 0.491 e. The summed E-state index contributed by atoms with van der Waals surface area (Å²) in [6.07, 6.45) is 0.912. The maximum absolute atomic E-state index is 5.73. The van der Waals surface area contributed by atoms with Crippen LogP contribution in [-0.4, -0.2) is 19.4 Å². The molecule has 0 saturated carbocycles. The number of nitrogens with two attached hydrogens (primary N) is 1. The lowest BCUT2D eigenvalue weighted by Crippen LogP contribution is -2.10. The van der Waals surface area contributed by atoms with Crippen LogP contribution in [0.3, 0.4) is 0 Å². The Morgan fingerprint density at radius 3 is 2.62 bits per heavy atom. The van der Waals surface area contributed by atoms with Crippen LogP contribution in [-0.2, 0) is 6.42 Å². The highest BCUT2D eigenvalue weighted by molar-refractivity contribution is 5.52. The van der Waals surface area contributed by atoms with Crippen LogP contribution in [0.25, 0.3) is 0 Å². The van der Waals surface area contributed by atoms with Gasteiger partial charge in [0.1, 0.15) is 5.75 Å². The Hall–Kier alpha value is -1.42. The van der Waals surface area contributed by atoms with Gasteiger partial charge in [0, 0.05) is 6.07 Å². The molecule has 0 bridgehead atoms. The van der Waals surface area contributed by atoms with Gasteiger partial charge < -0.3 is 19.9 Å². The summed E-state index contributed by atoms with van der Waals surface area (Å²) in [5.74, 6) is 2.36. The van der Waals surface area contributed by atoms with Crippen molar-refractivity contribution in [3.8, 4) is 17.2 Å². The lowest BCUT2D eigenvalue weighted by Gasteiger charge is -2.14. The molecule has 1 aliphatic heterocycles. The molecule has 4 nitrogen and oxygen atoms in total. The molecule has 1 aromatic carbocycles. The zero-order valence-electron chi connectivity index (χ0n) is 9.66. The molecular formula is C12H17NO3. The SMILES string of the molecule is CC(C)Oc1cc2c(cc1CCN)OCO2. The fourth-order valence-electron chi connectivity index (χ4n) is 1.68. The minimum atomic E-state index is 0.136. The summed E-state index contributed by atoms with van der Waals surface area (Å²) in [6.45, 7) is 4.87. The molecule has 0 aliphatic carbocycles. The fourth-order valence-corrected chi connectivity index (χ4v) is 1.68. The summed E-state index contributed by atoms with van der Waals surface area (Å²) < 4.78 is 16.4. The number of hydrogen-bond donors (Lipinski definition) is 1. The van der Waals surface area contributed by atoms with Crippen molar-refractivity contribution in [3.05, 3.63) is 17.7 Å². The Balaban J connectivity index is 2.32. The fraction of sp³-hybridized carbons (Fsp3) is 0.500. The van der Waals surface area contributed by atoms with Gasteiger partial charge in [0.15, 0.2) is 11.5 Å². The number of hydrogen-bond acceptors (Lipinski definition) is 4. The molecule has 2 N–H and O–H groups in total. The van der Waals surface area contributed by atoms with Crippen molar-refractivity contribution >= 4 is 0 Å². The van der Waals surface area contributed by atoms with E-state index in [9.17, 15) is 0 Å². The summed E-state index contributed by atoms with van der Waals surface area (Å²) in [4.78, 5) is 0. The van der Waals surface area contributed by atoms with Crippen LogP contribution >= 0.6 is 0 Å². The van der Waals surface area contributed by atoms with Crippen molar-refractivity contribution in [2.75, 3.05) is 13.3 Å². The summed E-state index contributed by atoms with van der Waals surface area (Å²) in [5.41, 5.74) is 6.65. The molecular weight excluding hydrogens is 206 g/mol. The molecule has 0 amide bonds. The normalized spacial score (nSPS) is 13.2. The van der Waals surface area contributed by atoms with Crippen LogP contribution in [0.1, 0.15) is 19.4 Å². The van der Waals surface area contributed by atoms with Gasteiger partial charge in [0.05, 0.1) is 6.10 Å². The van der Waals surface area contributed by atoms with Gasteiger partial charge in [-0.1, -0.05) is 0 Å². The van der Waals surface area contributed by atoms with Crippen LogP contribution in [0.15, 0.2) is 12.1 Å². The Labute approximate surface area is 95.3 Å². The second-order valence-electron chi connectivity index (χ2n) is 4.02. The zero-order chi connectivity index (χ0) is 11.5. The molecule has 0 atom stereocenters. The molecule has 0 unspecified atom stereocenters. The van der Waals surface area contributed by atoms with E-state index in [0.29, 0.717) is 6.54 Å². The van der Waals surface area contributed by atoms with Crippen molar-refractivity contribution < 1.29 is 14.2 Å². The summed E-state index contributed by atoms with van der Waals surface area (Å²) >= 11 is 0. The number of fused-ring (bicyclic) bond motifs is 1. The van der Waals surface area contributed by atoms with Crippen LogP contribution in [0.2, 0.25) is 0 Å². The second-order valence-corrected chi connectivity index (χ2v) is 4.02. The molecule has 1 aliphatic rings. The maximum Gasteiger partial charge on any atom is 0.231 e. The standard InChI is InChI=1S/C12H17NO3/c1-8(2)16-10-6-12-11(14-7-15-12)5-9(10)3-4-13/h5-6,8H,3-4,7,13H2,1-2H3. The highest BCUT2D eigenvalue weighted by Crippen LogP contribution is 2.38. The molecule has 0 radical (unpaired) electrons. The first-order valence-electron chi connectivity index (χ1n) is 5.50. The van der Waals surface area contributed by atoms with Gasteiger partial charge in [-0.15, -0.1) is 0 Å². The minimum absolute atomic E-state index is 0.136. The first kappa shape index (κ1) is 11.1.